The second-order valence-electron chi connectivity index (χ2n) is 4.66. The molecule has 1 aromatic carbocycles. The largest absolute Gasteiger partial charge is 0.494 e. The summed E-state index contributed by atoms with van der Waals surface area (Å²) in [6, 6.07) is 7.63. The summed E-state index contributed by atoms with van der Waals surface area (Å²) < 4.78 is 5.56. The smallest absolute Gasteiger partial charge is 0.242 e. The van der Waals surface area contributed by atoms with Crippen molar-refractivity contribution in [3.8, 4) is 5.75 Å². The van der Waals surface area contributed by atoms with E-state index in [1.165, 1.54) is 0 Å². The average molecular weight is 262 g/mol. The molecule has 0 spiro atoms. The van der Waals surface area contributed by atoms with Gasteiger partial charge in [-0.15, -0.1) is 0 Å². The van der Waals surface area contributed by atoms with Crippen LogP contribution in [0.4, 0.5) is 0 Å². The summed E-state index contributed by atoms with van der Waals surface area (Å²) in [4.78, 5) is 11.3. The first-order chi connectivity index (χ1) is 9.13. The summed E-state index contributed by atoms with van der Waals surface area (Å²) in [6.07, 6.45) is 3.81. The summed E-state index contributed by atoms with van der Waals surface area (Å²) in [5.74, 6) is 0.707. The van der Waals surface area contributed by atoms with Gasteiger partial charge < -0.3 is 4.74 Å². The summed E-state index contributed by atoms with van der Waals surface area (Å²) in [6.45, 7) is 6.53. The fraction of sp³-hybridized carbons (Fsp3) is 0.467. The van der Waals surface area contributed by atoms with Crippen molar-refractivity contribution in [1.29, 1.82) is 0 Å². The van der Waals surface area contributed by atoms with Gasteiger partial charge in [-0.3, -0.25) is 4.79 Å². The fourth-order valence-electron chi connectivity index (χ4n) is 1.28. The Morgan fingerprint density at radius 3 is 2.63 bits per heavy atom. The van der Waals surface area contributed by atoms with Crippen LogP contribution in [0.5, 0.6) is 5.75 Å². The maximum atomic E-state index is 11.3. The monoisotopic (exact) mass is 262 g/mol. The van der Waals surface area contributed by atoms with E-state index in [1.54, 1.807) is 6.21 Å². The summed E-state index contributed by atoms with van der Waals surface area (Å²) in [5.41, 5.74) is 3.41. The molecule has 0 saturated heterocycles. The lowest BCUT2D eigenvalue weighted by molar-refractivity contribution is -0.123. The molecule has 0 radical (unpaired) electrons. The summed E-state index contributed by atoms with van der Waals surface area (Å²) >= 11 is 0. The number of rotatable bonds is 7. The lowest BCUT2D eigenvalue weighted by Crippen LogP contribution is -2.22. The van der Waals surface area contributed by atoms with Crippen LogP contribution in [0, 0.1) is 5.92 Å². The van der Waals surface area contributed by atoms with E-state index >= 15 is 0 Å². The third-order valence-electron chi connectivity index (χ3n) is 2.56. The van der Waals surface area contributed by atoms with E-state index in [0.29, 0.717) is 0 Å². The molecule has 1 aromatic rings. The molecule has 0 bridgehead atoms. The Morgan fingerprint density at radius 1 is 1.37 bits per heavy atom. The van der Waals surface area contributed by atoms with Crippen molar-refractivity contribution in [3.05, 3.63) is 29.8 Å². The van der Waals surface area contributed by atoms with Gasteiger partial charge in [-0.05, 0) is 36.2 Å². The zero-order valence-corrected chi connectivity index (χ0v) is 11.8. The van der Waals surface area contributed by atoms with Gasteiger partial charge in [0.1, 0.15) is 5.75 Å². The van der Waals surface area contributed by atoms with E-state index in [4.69, 9.17) is 4.74 Å². The molecule has 0 aliphatic rings. The van der Waals surface area contributed by atoms with Gasteiger partial charge in [-0.2, -0.15) is 5.10 Å². The van der Waals surface area contributed by atoms with Crippen LogP contribution in [0.3, 0.4) is 0 Å². The molecule has 0 aliphatic heterocycles. The maximum absolute atomic E-state index is 11.3. The van der Waals surface area contributed by atoms with Crippen LogP contribution in [0.25, 0.3) is 0 Å². The topological polar surface area (TPSA) is 50.7 Å². The van der Waals surface area contributed by atoms with Crippen LogP contribution in [-0.4, -0.2) is 18.7 Å². The number of nitrogens with one attached hydrogen (secondary N) is 1. The van der Waals surface area contributed by atoms with E-state index in [-0.39, 0.29) is 11.8 Å². The van der Waals surface area contributed by atoms with E-state index in [9.17, 15) is 4.79 Å². The van der Waals surface area contributed by atoms with Gasteiger partial charge in [0.2, 0.25) is 5.91 Å². The number of unbranched alkanes of at least 4 members (excludes halogenated alkanes) is 1. The van der Waals surface area contributed by atoms with E-state index in [2.05, 4.69) is 17.5 Å². The molecule has 0 aliphatic carbocycles. The standard InChI is InChI=1S/C15H22N2O2/c1-4-5-10-19-14-8-6-13(7-9-14)11-16-17-15(18)12(2)3/h6-9,11-12H,4-5,10H2,1-3H3,(H,17,18)/b16-11-. The number of carbonyl (C=O) groups is 1. The molecule has 104 valence electrons. The van der Waals surface area contributed by atoms with Crippen LogP contribution < -0.4 is 10.2 Å². The van der Waals surface area contributed by atoms with Crippen molar-refractivity contribution in [2.75, 3.05) is 6.61 Å². The number of ether oxygens (including phenoxy) is 1. The molecule has 1 amide bonds. The van der Waals surface area contributed by atoms with E-state index in [0.717, 1.165) is 30.8 Å². The summed E-state index contributed by atoms with van der Waals surface area (Å²) in [5, 5.41) is 3.90. The fourth-order valence-corrected chi connectivity index (χ4v) is 1.28. The Kier molecular flexibility index (Phi) is 6.64. The van der Waals surface area contributed by atoms with Crippen molar-refractivity contribution >= 4 is 12.1 Å². The van der Waals surface area contributed by atoms with Crippen molar-refractivity contribution < 1.29 is 9.53 Å². The van der Waals surface area contributed by atoms with Crippen molar-refractivity contribution in [3.63, 3.8) is 0 Å². The molecule has 0 saturated carbocycles. The zero-order chi connectivity index (χ0) is 14.1. The van der Waals surface area contributed by atoms with Crippen LogP contribution in [0.15, 0.2) is 29.4 Å². The van der Waals surface area contributed by atoms with Gasteiger partial charge in [0.25, 0.3) is 0 Å². The molecular formula is C15H22N2O2. The minimum absolute atomic E-state index is 0.0634. The van der Waals surface area contributed by atoms with Crippen LogP contribution in [-0.2, 0) is 4.79 Å². The normalized spacial score (nSPS) is 10.9. The first kappa shape index (κ1) is 15.2. The van der Waals surface area contributed by atoms with Crippen molar-refractivity contribution in [2.24, 2.45) is 11.0 Å². The van der Waals surface area contributed by atoms with Crippen LogP contribution in [0.1, 0.15) is 39.2 Å². The minimum atomic E-state index is -0.0873. The Labute approximate surface area is 114 Å². The molecule has 0 atom stereocenters. The SMILES string of the molecule is CCCCOc1ccc(/C=N\NC(=O)C(C)C)cc1. The Balaban J connectivity index is 2.43. The number of hydrazone groups is 1. The number of hydrogen-bond donors (Lipinski definition) is 1. The second kappa shape index (κ2) is 8.29. The van der Waals surface area contributed by atoms with Gasteiger partial charge in [-0.25, -0.2) is 5.43 Å². The number of carbonyl (C=O) groups excluding carboxylic acids is 1. The molecule has 1 rings (SSSR count). The molecule has 1 N–H and O–H groups in total. The molecular weight excluding hydrogens is 240 g/mol. The van der Waals surface area contributed by atoms with Crippen LogP contribution in [0.2, 0.25) is 0 Å². The van der Waals surface area contributed by atoms with Crippen molar-refractivity contribution in [1.82, 2.24) is 5.43 Å². The molecule has 0 heterocycles. The van der Waals surface area contributed by atoms with Crippen molar-refractivity contribution in [2.45, 2.75) is 33.6 Å². The minimum Gasteiger partial charge on any atom is -0.494 e. The Morgan fingerprint density at radius 2 is 2.05 bits per heavy atom. The lowest BCUT2D eigenvalue weighted by Gasteiger charge is -2.05. The highest BCUT2D eigenvalue weighted by atomic mass is 16.5. The van der Waals surface area contributed by atoms with Crippen LogP contribution >= 0.6 is 0 Å². The van der Waals surface area contributed by atoms with E-state index in [1.807, 2.05) is 38.1 Å². The maximum Gasteiger partial charge on any atom is 0.242 e. The number of amides is 1. The van der Waals surface area contributed by atoms with Gasteiger partial charge in [0.05, 0.1) is 12.8 Å². The highest BCUT2D eigenvalue weighted by Gasteiger charge is 2.03. The number of benzene rings is 1. The third-order valence-corrected chi connectivity index (χ3v) is 2.56. The molecule has 19 heavy (non-hydrogen) atoms. The highest BCUT2D eigenvalue weighted by Crippen LogP contribution is 2.11. The lowest BCUT2D eigenvalue weighted by atomic mass is 10.2. The molecule has 0 aromatic heterocycles. The quantitative estimate of drug-likeness (QED) is 0.466. The number of nitrogens with zero attached hydrogens (tertiary/aromatic N) is 1. The Bertz CT molecular complexity index is 411. The molecule has 4 heteroatoms. The van der Waals surface area contributed by atoms with Gasteiger partial charge in [-0.1, -0.05) is 27.2 Å². The summed E-state index contributed by atoms with van der Waals surface area (Å²) in [7, 11) is 0. The first-order valence-electron chi connectivity index (χ1n) is 6.69. The first-order valence-corrected chi connectivity index (χ1v) is 6.69. The Hall–Kier alpha value is -1.84. The molecule has 4 nitrogen and oxygen atoms in total. The second-order valence-corrected chi connectivity index (χ2v) is 4.66. The predicted octanol–water partition coefficient (Wildman–Crippen LogP) is 2.97. The third kappa shape index (κ3) is 6.04. The highest BCUT2D eigenvalue weighted by molar-refractivity contribution is 5.83. The predicted molar refractivity (Wildman–Crippen MR) is 77.4 cm³/mol. The zero-order valence-electron chi connectivity index (χ0n) is 11.8. The average Bonchev–Trinajstić information content (AvgIpc) is 2.40. The van der Waals surface area contributed by atoms with Gasteiger partial charge >= 0.3 is 0 Å². The molecule has 0 fully saturated rings. The van der Waals surface area contributed by atoms with Gasteiger partial charge in [0.15, 0.2) is 0 Å². The molecule has 0 unspecified atom stereocenters. The van der Waals surface area contributed by atoms with E-state index < -0.39 is 0 Å². The number of hydrogen-bond acceptors (Lipinski definition) is 3. The van der Waals surface area contributed by atoms with Gasteiger partial charge in [0, 0.05) is 5.92 Å².